The van der Waals surface area contributed by atoms with Crippen LogP contribution in [-0.2, 0) is 25.7 Å². The van der Waals surface area contributed by atoms with E-state index in [0.29, 0.717) is 6.61 Å². The predicted molar refractivity (Wildman–Crippen MR) is 86.3 cm³/mol. The molecule has 1 aromatic rings. The van der Waals surface area contributed by atoms with Crippen LogP contribution in [0.2, 0.25) is 0 Å². The van der Waals surface area contributed by atoms with E-state index in [2.05, 4.69) is 12.2 Å². The zero-order chi connectivity index (χ0) is 16.7. The first-order valence-corrected chi connectivity index (χ1v) is 8.25. The number of ether oxygens (including phenoxy) is 2. The van der Waals surface area contributed by atoms with Crippen LogP contribution in [0.3, 0.4) is 0 Å². The number of rotatable bonds is 8. The largest absolute Gasteiger partial charge is 0.433 e. The number of nitrogens with one attached hydrogen (secondary N) is 1. The van der Waals surface area contributed by atoms with Crippen molar-refractivity contribution in [1.29, 1.82) is 0 Å². The molecule has 0 bridgehead atoms. The second-order valence-electron chi connectivity index (χ2n) is 6.02. The van der Waals surface area contributed by atoms with Crippen molar-refractivity contribution >= 4 is 11.9 Å². The molecule has 1 amide bonds. The summed E-state index contributed by atoms with van der Waals surface area (Å²) >= 11 is 0. The fourth-order valence-corrected chi connectivity index (χ4v) is 2.52. The van der Waals surface area contributed by atoms with Crippen LogP contribution >= 0.6 is 0 Å². The van der Waals surface area contributed by atoms with Gasteiger partial charge in [0.25, 0.3) is 0 Å². The van der Waals surface area contributed by atoms with Crippen LogP contribution < -0.4 is 5.32 Å². The van der Waals surface area contributed by atoms with E-state index in [1.54, 1.807) is 0 Å². The SMILES string of the molecule is CCCC[C@H](C)C(=O)N[C@H]1CC(=O)OC1OCc1ccccc1. The van der Waals surface area contributed by atoms with E-state index < -0.39 is 12.3 Å². The standard InChI is InChI=1S/C18H25NO4/c1-3-4-8-13(2)17(21)19-15-11-16(20)23-18(15)22-12-14-9-6-5-7-10-14/h5-7,9-10,13,15,18H,3-4,8,11-12H2,1-2H3,(H,19,21)/t13-,15-,18?/m0/s1. The quantitative estimate of drug-likeness (QED) is 0.748. The lowest BCUT2D eigenvalue weighted by Crippen LogP contribution is -2.43. The predicted octanol–water partition coefficient (Wildman–Crippen LogP) is 2.79. The molecule has 1 fully saturated rings. The molecule has 3 atom stereocenters. The highest BCUT2D eigenvalue weighted by Crippen LogP contribution is 2.19. The third-order valence-corrected chi connectivity index (χ3v) is 3.99. The number of hydrogen-bond donors (Lipinski definition) is 1. The van der Waals surface area contributed by atoms with Gasteiger partial charge < -0.3 is 14.8 Å². The van der Waals surface area contributed by atoms with E-state index in [9.17, 15) is 9.59 Å². The summed E-state index contributed by atoms with van der Waals surface area (Å²) in [5.41, 5.74) is 0.997. The van der Waals surface area contributed by atoms with Crippen molar-refractivity contribution in [1.82, 2.24) is 5.32 Å². The van der Waals surface area contributed by atoms with Gasteiger partial charge in [-0.2, -0.15) is 0 Å². The Labute approximate surface area is 137 Å². The molecule has 0 aromatic heterocycles. The van der Waals surface area contributed by atoms with Gasteiger partial charge in [-0.05, 0) is 12.0 Å². The minimum atomic E-state index is -0.718. The Morgan fingerprint density at radius 1 is 1.39 bits per heavy atom. The van der Waals surface area contributed by atoms with Gasteiger partial charge in [0, 0.05) is 5.92 Å². The Morgan fingerprint density at radius 2 is 2.13 bits per heavy atom. The van der Waals surface area contributed by atoms with E-state index in [1.165, 1.54) is 0 Å². The van der Waals surface area contributed by atoms with Crippen LogP contribution in [-0.4, -0.2) is 24.2 Å². The molecule has 1 aliphatic heterocycles. The van der Waals surface area contributed by atoms with Crippen molar-refractivity contribution < 1.29 is 19.1 Å². The molecule has 5 heteroatoms. The minimum absolute atomic E-state index is 0.0462. The van der Waals surface area contributed by atoms with E-state index in [1.807, 2.05) is 37.3 Å². The summed E-state index contributed by atoms with van der Waals surface area (Å²) in [6.45, 7) is 4.35. The molecular weight excluding hydrogens is 294 g/mol. The Balaban J connectivity index is 1.86. The Kier molecular flexibility index (Phi) is 6.59. The number of hydrogen-bond acceptors (Lipinski definition) is 4. The summed E-state index contributed by atoms with van der Waals surface area (Å²) in [6.07, 6.45) is 2.36. The van der Waals surface area contributed by atoms with E-state index in [0.717, 1.165) is 24.8 Å². The summed E-state index contributed by atoms with van der Waals surface area (Å²) < 4.78 is 10.9. The maximum atomic E-state index is 12.2. The lowest BCUT2D eigenvalue weighted by Gasteiger charge is -2.21. The number of benzene rings is 1. The lowest BCUT2D eigenvalue weighted by molar-refractivity contribution is -0.168. The zero-order valence-electron chi connectivity index (χ0n) is 13.8. The Bertz CT molecular complexity index is 517. The molecule has 0 spiro atoms. The molecule has 1 N–H and O–H groups in total. The molecule has 1 aliphatic rings. The number of esters is 1. The van der Waals surface area contributed by atoms with Gasteiger partial charge in [-0.25, -0.2) is 0 Å². The lowest BCUT2D eigenvalue weighted by atomic mass is 10.0. The molecule has 5 nitrogen and oxygen atoms in total. The highest BCUT2D eigenvalue weighted by atomic mass is 16.7. The Hall–Kier alpha value is -1.88. The van der Waals surface area contributed by atoms with E-state index in [4.69, 9.17) is 9.47 Å². The molecular formula is C18H25NO4. The highest BCUT2D eigenvalue weighted by Gasteiger charge is 2.37. The third-order valence-electron chi connectivity index (χ3n) is 3.99. The normalized spacial score (nSPS) is 21.7. The van der Waals surface area contributed by atoms with E-state index in [-0.39, 0.29) is 24.2 Å². The van der Waals surface area contributed by atoms with Gasteiger partial charge in [-0.1, -0.05) is 57.0 Å². The molecule has 1 heterocycles. The van der Waals surface area contributed by atoms with Gasteiger partial charge in [-0.15, -0.1) is 0 Å². The van der Waals surface area contributed by atoms with Crippen molar-refractivity contribution in [2.24, 2.45) is 5.92 Å². The number of cyclic esters (lactones) is 1. The maximum Gasteiger partial charge on any atom is 0.310 e. The summed E-state index contributed by atoms with van der Waals surface area (Å²) in [6, 6.07) is 9.25. The molecule has 1 aromatic carbocycles. The average Bonchev–Trinajstić information content (AvgIpc) is 2.91. The average molecular weight is 319 g/mol. The van der Waals surface area contributed by atoms with Crippen molar-refractivity contribution in [2.45, 2.75) is 58.5 Å². The van der Waals surface area contributed by atoms with Crippen LogP contribution in [0.15, 0.2) is 30.3 Å². The molecule has 0 radical (unpaired) electrons. The van der Waals surface area contributed by atoms with Gasteiger partial charge in [0.2, 0.25) is 12.2 Å². The molecule has 0 aliphatic carbocycles. The van der Waals surface area contributed by atoms with E-state index >= 15 is 0 Å². The number of amides is 1. The van der Waals surface area contributed by atoms with Crippen molar-refractivity contribution in [2.75, 3.05) is 0 Å². The molecule has 1 unspecified atom stereocenters. The first kappa shape index (κ1) is 17.5. The fraction of sp³-hybridized carbons (Fsp3) is 0.556. The van der Waals surface area contributed by atoms with Crippen LogP contribution in [0.25, 0.3) is 0 Å². The van der Waals surface area contributed by atoms with Crippen molar-refractivity contribution in [3.63, 3.8) is 0 Å². The van der Waals surface area contributed by atoms with Gasteiger partial charge in [0.15, 0.2) is 0 Å². The number of carbonyl (C=O) groups excluding carboxylic acids is 2. The Morgan fingerprint density at radius 3 is 2.83 bits per heavy atom. The first-order valence-electron chi connectivity index (χ1n) is 8.25. The third kappa shape index (κ3) is 5.36. The molecule has 23 heavy (non-hydrogen) atoms. The molecule has 0 saturated carbocycles. The summed E-state index contributed by atoms with van der Waals surface area (Å²) in [5, 5.41) is 2.89. The fourth-order valence-electron chi connectivity index (χ4n) is 2.52. The first-order chi connectivity index (χ1) is 11.1. The van der Waals surface area contributed by atoms with Gasteiger partial charge in [0.05, 0.1) is 13.0 Å². The summed E-state index contributed by atoms with van der Waals surface area (Å²) in [7, 11) is 0. The zero-order valence-corrected chi connectivity index (χ0v) is 13.8. The second kappa shape index (κ2) is 8.67. The van der Waals surface area contributed by atoms with Crippen molar-refractivity contribution in [3.05, 3.63) is 35.9 Å². The topological polar surface area (TPSA) is 64.6 Å². The maximum absolute atomic E-state index is 12.2. The molecule has 2 rings (SSSR count). The van der Waals surface area contributed by atoms with Crippen LogP contribution in [0.4, 0.5) is 0 Å². The molecule has 1 saturated heterocycles. The molecule has 126 valence electrons. The van der Waals surface area contributed by atoms with Crippen LogP contribution in [0.1, 0.15) is 45.1 Å². The van der Waals surface area contributed by atoms with Gasteiger partial charge in [0.1, 0.15) is 6.04 Å². The second-order valence-corrected chi connectivity index (χ2v) is 6.02. The van der Waals surface area contributed by atoms with Crippen molar-refractivity contribution in [3.8, 4) is 0 Å². The van der Waals surface area contributed by atoms with Crippen LogP contribution in [0.5, 0.6) is 0 Å². The van der Waals surface area contributed by atoms with Gasteiger partial charge >= 0.3 is 5.97 Å². The van der Waals surface area contributed by atoms with Gasteiger partial charge in [-0.3, -0.25) is 9.59 Å². The number of unbranched alkanes of at least 4 members (excludes halogenated alkanes) is 1. The summed E-state index contributed by atoms with van der Waals surface area (Å²) in [4.78, 5) is 23.7. The summed E-state index contributed by atoms with van der Waals surface area (Å²) in [5.74, 6) is -0.454. The smallest absolute Gasteiger partial charge is 0.310 e. The minimum Gasteiger partial charge on any atom is -0.433 e. The highest BCUT2D eigenvalue weighted by molar-refractivity contribution is 5.80. The van der Waals surface area contributed by atoms with Crippen LogP contribution in [0, 0.1) is 5.92 Å². The monoisotopic (exact) mass is 319 g/mol. The number of carbonyl (C=O) groups is 2.